The maximum Gasteiger partial charge on any atom is 0.180 e. The van der Waals surface area contributed by atoms with Crippen LogP contribution in [0.25, 0.3) is 0 Å². The highest BCUT2D eigenvalue weighted by atomic mass is 32.2. The zero-order chi connectivity index (χ0) is 13.7. The van der Waals surface area contributed by atoms with Crippen molar-refractivity contribution in [3.05, 3.63) is 46.7 Å². The van der Waals surface area contributed by atoms with E-state index in [1.807, 2.05) is 17.5 Å². The fourth-order valence-electron chi connectivity index (χ4n) is 1.82. The second-order valence-electron chi connectivity index (χ2n) is 4.21. The summed E-state index contributed by atoms with van der Waals surface area (Å²) in [7, 11) is -3.17. The molecule has 0 unspecified atom stereocenters. The van der Waals surface area contributed by atoms with Gasteiger partial charge in [0, 0.05) is 6.54 Å². The summed E-state index contributed by atoms with van der Waals surface area (Å²) in [5.74, 6) is 0.121. The molecule has 0 atom stereocenters. The van der Waals surface area contributed by atoms with Gasteiger partial charge in [-0.1, -0.05) is 19.1 Å². The number of rotatable bonds is 6. The van der Waals surface area contributed by atoms with Crippen molar-refractivity contribution < 1.29 is 8.42 Å². The van der Waals surface area contributed by atoms with E-state index in [9.17, 15) is 8.42 Å². The minimum atomic E-state index is -3.17. The molecule has 5 heteroatoms. The lowest BCUT2D eigenvalue weighted by Crippen LogP contribution is -2.11. The van der Waals surface area contributed by atoms with E-state index in [0.717, 1.165) is 13.0 Å². The van der Waals surface area contributed by atoms with Crippen LogP contribution in [-0.2, 0) is 16.3 Å². The largest absolute Gasteiger partial charge is 0.384 e. The zero-order valence-electron chi connectivity index (χ0n) is 10.8. The molecule has 0 saturated heterocycles. The number of hydrogen-bond donors (Lipinski definition) is 1. The van der Waals surface area contributed by atoms with Crippen LogP contribution in [0.1, 0.15) is 12.5 Å². The molecule has 0 aliphatic carbocycles. The molecule has 2 aromatic rings. The fraction of sp³-hybridized carbons (Fsp3) is 0.286. The number of sulfone groups is 1. The molecule has 2 rings (SSSR count). The van der Waals surface area contributed by atoms with Crippen molar-refractivity contribution in [2.45, 2.75) is 18.2 Å². The topological polar surface area (TPSA) is 46.2 Å². The van der Waals surface area contributed by atoms with Crippen LogP contribution >= 0.6 is 11.3 Å². The van der Waals surface area contributed by atoms with Gasteiger partial charge in [-0.25, -0.2) is 8.42 Å². The van der Waals surface area contributed by atoms with Gasteiger partial charge in [-0.2, -0.15) is 11.3 Å². The smallest absolute Gasteiger partial charge is 0.180 e. The van der Waals surface area contributed by atoms with Crippen LogP contribution in [-0.4, -0.2) is 20.7 Å². The summed E-state index contributed by atoms with van der Waals surface area (Å²) in [4.78, 5) is 0.391. The van der Waals surface area contributed by atoms with Crippen LogP contribution in [0.4, 0.5) is 5.69 Å². The third-order valence-electron chi connectivity index (χ3n) is 2.91. The molecule has 1 N–H and O–H groups in total. The Bertz CT molecular complexity index is 619. The van der Waals surface area contributed by atoms with E-state index >= 15 is 0 Å². The Kier molecular flexibility index (Phi) is 4.61. The molecular weight excluding hydrogens is 278 g/mol. The van der Waals surface area contributed by atoms with Gasteiger partial charge in [0.15, 0.2) is 9.84 Å². The fourth-order valence-corrected chi connectivity index (χ4v) is 3.59. The van der Waals surface area contributed by atoms with Gasteiger partial charge in [-0.05, 0) is 40.9 Å². The summed E-state index contributed by atoms with van der Waals surface area (Å²) in [6.45, 7) is 2.39. The lowest BCUT2D eigenvalue weighted by Gasteiger charge is -2.11. The molecule has 0 fully saturated rings. The summed E-state index contributed by atoms with van der Waals surface area (Å²) in [5, 5.41) is 7.37. The van der Waals surface area contributed by atoms with Gasteiger partial charge in [0.05, 0.1) is 16.3 Å². The predicted molar refractivity (Wildman–Crippen MR) is 80.7 cm³/mol. The molecule has 102 valence electrons. The molecule has 3 nitrogen and oxygen atoms in total. The number of thiophene rings is 1. The highest BCUT2D eigenvalue weighted by molar-refractivity contribution is 7.91. The SMILES string of the molecule is CCS(=O)(=O)c1ccccc1NCCc1ccsc1. The normalized spacial score (nSPS) is 11.4. The summed E-state index contributed by atoms with van der Waals surface area (Å²) in [5.41, 5.74) is 1.97. The van der Waals surface area contributed by atoms with Gasteiger partial charge in [-0.3, -0.25) is 0 Å². The van der Waals surface area contributed by atoms with Crippen molar-refractivity contribution in [2.75, 3.05) is 17.6 Å². The molecule has 0 radical (unpaired) electrons. The molecule has 0 amide bonds. The first-order valence-corrected chi connectivity index (χ1v) is 8.79. The van der Waals surface area contributed by atoms with Crippen molar-refractivity contribution in [1.29, 1.82) is 0 Å². The van der Waals surface area contributed by atoms with Crippen LogP contribution in [0, 0.1) is 0 Å². The second kappa shape index (κ2) is 6.21. The highest BCUT2D eigenvalue weighted by Gasteiger charge is 2.15. The van der Waals surface area contributed by atoms with Crippen molar-refractivity contribution in [2.24, 2.45) is 0 Å². The summed E-state index contributed by atoms with van der Waals surface area (Å²) in [6.07, 6.45) is 0.893. The highest BCUT2D eigenvalue weighted by Crippen LogP contribution is 2.22. The molecule has 0 spiro atoms. The van der Waals surface area contributed by atoms with Crippen molar-refractivity contribution in [1.82, 2.24) is 0 Å². The molecule has 0 aliphatic rings. The standard InChI is InChI=1S/C14H17NO2S2/c1-2-19(16,17)14-6-4-3-5-13(14)15-9-7-12-8-10-18-11-12/h3-6,8,10-11,15H,2,7,9H2,1H3. The Labute approximate surface area is 118 Å². The lowest BCUT2D eigenvalue weighted by molar-refractivity contribution is 0.597. The number of benzene rings is 1. The summed E-state index contributed by atoms with van der Waals surface area (Å²) in [6, 6.07) is 9.16. The summed E-state index contributed by atoms with van der Waals surface area (Å²) >= 11 is 1.67. The Hall–Kier alpha value is -1.33. The first-order valence-electron chi connectivity index (χ1n) is 6.20. The second-order valence-corrected chi connectivity index (χ2v) is 7.23. The average molecular weight is 295 g/mol. The average Bonchev–Trinajstić information content (AvgIpc) is 2.92. The predicted octanol–water partition coefficient (Wildman–Crippen LogP) is 3.20. The van der Waals surface area contributed by atoms with Crippen LogP contribution in [0.2, 0.25) is 0 Å². The van der Waals surface area contributed by atoms with Gasteiger partial charge >= 0.3 is 0 Å². The Balaban J connectivity index is 2.08. The van der Waals surface area contributed by atoms with E-state index < -0.39 is 9.84 Å². The minimum Gasteiger partial charge on any atom is -0.384 e. The molecule has 0 bridgehead atoms. The third kappa shape index (κ3) is 3.58. The molecular formula is C14H17NO2S2. The van der Waals surface area contributed by atoms with Crippen molar-refractivity contribution in [3.8, 4) is 0 Å². The Morgan fingerprint density at radius 3 is 2.68 bits per heavy atom. The van der Waals surface area contributed by atoms with E-state index in [0.29, 0.717) is 10.6 Å². The van der Waals surface area contributed by atoms with Gasteiger partial charge in [0.1, 0.15) is 0 Å². The first-order chi connectivity index (χ1) is 9.13. The summed E-state index contributed by atoms with van der Waals surface area (Å²) < 4.78 is 24.0. The van der Waals surface area contributed by atoms with Crippen LogP contribution in [0.5, 0.6) is 0 Å². The van der Waals surface area contributed by atoms with Gasteiger partial charge in [-0.15, -0.1) is 0 Å². The lowest BCUT2D eigenvalue weighted by atomic mass is 10.2. The van der Waals surface area contributed by atoms with E-state index in [1.165, 1.54) is 5.56 Å². The number of anilines is 1. The maximum atomic E-state index is 12.0. The first kappa shape index (κ1) is 14.1. The monoisotopic (exact) mass is 295 g/mol. The Morgan fingerprint density at radius 1 is 1.21 bits per heavy atom. The van der Waals surface area contributed by atoms with E-state index in [4.69, 9.17) is 0 Å². The number of hydrogen-bond acceptors (Lipinski definition) is 4. The molecule has 1 aromatic carbocycles. The molecule has 0 saturated carbocycles. The molecule has 1 aromatic heterocycles. The van der Waals surface area contributed by atoms with E-state index in [-0.39, 0.29) is 5.75 Å². The van der Waals surface area contributed by atoms with E-state index in [1.54, 1.807) is 30.4 Å². The zero-order valence-corrected chi connectivity index (χ0v) is 12.4. The van der Waals surface area contributed by atoms with Gasteiger partial charge in [0.25, 0.3) is 0 Å². The van der Waals surface area contributed by atoms with Crippen LogP contribution in [0.15, 0.2) is 46.0 Å². The number of nitrogens with one attached hydrogen (secondary N) is 1. The third-order valence-corrected chi connectivity index (χ3v) is 5.43. The Morgan fingerprint density at radius 2 is 2.00 bits per heavy atom. The number of para-hydroxylation sites is 1. The maximum absolute atomic E-state index is 12.0. The van der Waals surface area contributed by atoms with E-state index in [2.05, 4.69) is 16.8 Å². The van der Waals surface area contributed by atoms with Crippen LogP contribution in [0.3, 0.4) is 0 Å². The van der Waals surface area contributed by atoms with Crippen molar-refractivity contribution >= 4 is 26.9 Å². The minimum absolute atomic E-state index is 0.121. The quantitative estimate of drug-likeness (QED) is 0.890. The molecule has 19 heavy (non-hydrogen) atoms. The molecule has 0 aliphatic heterocycles. The van der Waals surface area contributed by atoms with Gasteiger partial charge < -0.3 is 5.32 Å². The van der Waals surface area contributed by atoms with Crippen molar-refractivity contribution in [3.63, 3.8) is 0 Å². The van der Waals surface area contributed by atoms with Gasteiger partial charge in [0.2, 0.25) is 0 Å². The molecule has 1 heterocycles. The van der Waals surface area contributed by atoms with Crippen LogP contribution < -0.4 is 5.32 Å².